The first-order valence-corrected chi connectivity index (χ1v) is 19.4. The van der Waals surface area contributed by atoms with E-state index in [1.165, 1.54) is 51.4 Å². The Labute approximate surface area is 286 Å². The number of esters is 1. The largest absolute Gasteiger partial charge is 0.462 e. The van der Waals surface area contributed by atoms with Gasteiger partial charge in [0.15, 0.2) is 0 Å². The number of unbranched alkanes of at least 4 members (excludes halogenated alkanes) is 1. The van der Waals surface area contributed by atoms with Gasteiger partial charge in [0.25, 0.3) is 0 Å². The first-order chi connectivity index (χ1) is 22.5. The van der Waals surface area contributed by atoms with Gasteiger partial charge in [0.1, 0.15) is 12.7 Å². The molecular weight excluding hydrogens is 582 g/mol. The number of alkyl carbamates (subject to hydrolysis) is 1. The van der Waals surface area contributed by atoms with Crippen molar-refractivity contribution in [2.24, 2.45) is 52.3 Å². The number of hydrogen-bond donors (Lipinski definition) is 1. The van der Waals surface area contributed by atoms with Gasteiger partial charge in [-0.1, -0.05) is 109 Å². The minimum atomic E-state index is -0.397. The number of carbonyl (C=O) groups excluding carboxylic acids is 2. The van der Waals surface area contributed by atoms with Crippen LogP contribution in [0.4, 0.5) is 4.79 Å². The van der Waals surface area contributed by atoms with Crippen molar-refractivity contribution in [3.8, 4) is 0 Å². The molecule has 5 rings (SSSR count). The Morgan fingerprint density at radius 2 is 1.68 bits per heavy atom. The average Bonchev–Trinajstić information content (AvgIpc) is 3.41. The molecule has 9 atom stereocenters. The Balaban J connectivity index is 1.04. The highest BCUT2D eigenvalue weighted by Gasteiger charge is 2.59. The lowest BCUT2D eigenvalue weighted by Crippen LogP contribution is -2.51. The molecule has 0 heterocycles. The highest BCUT2D eigenvalue weighted by molar-refractivity contribution is 5.72. The lowest BCUT2D eigenvalue weighted by Gasteiger charge is -2.58. The van der Waals surface area contributed by atoms with Crippen molar-refractivity contribution >= 4 is 12.1 Å². The second-order valence-corrected chi connectivity index (χ2v) is 17.0. The quantitative estimate of drug-likeness (QED) is 0.124. The summed E-state index contributed by atoms with van der Waals surface area (Å²) in [7, 11) is 0. The average molecular weight is 648 g/mol. The predicted molar refractivity (Wildman–Crippen MR) is 191 cm³/mol. The van der Waals surface area contributed by atoms with E-state index in [1.54, 1.807) is 5.57 Å². The van der Waals surface area contributed by atoms with Crippen molar-refractivity contribution in [1.29, 1.82) is 0 Å². The number of carbonyl (C=O) groups is 2. The molecule has 0 radical (unpaired) electrons. The summed E-state index contributed by atoms with van der Waals surface area (Å²) in [6.07, 6.45) is 18.8. The van der Waals surface area contributed by atoms with E-state index in [9.17, 15) is 9.59 Å². The Hall–Kier alpha value is -2.30. The summed E-state index contributed by atoms with van der Waals surface area (Å²) < 4.78 is 11.4. The summed E-state index contributed by atoms with van der Waals surface area (Å²) in [5.41, 5.74) is 3.35. The summed E-state index contributed by atoms with van der Waals surface area (Å²) in [5, 5.41) is 2.82. The number of hydrogen-bond acceptors (Lipinski definition) is 4. The Bertz CT molecular complexity index is 1210. The number of rotatable bonds is 14. The molecule has 0 aromatic heterocycles. The van der Waals surface area contributed by atoms with Crippen molar-refractivity contribution < 1.29 is 19.1 Å². The molecule has 3 fully saturated rings. The maximum absolute atomic E-state index is 13.1. The molecule has 1 N–H and O–H groups in total. The number of allylic oxidation sites excluding steroid dienone is 1. The van der Waals surface area contributed by atoms with Crippen molar-refractivity contribution in [1.82, 2.24) is 5.32 Å². The van der Waals surface area contributed by atoms with E-state index in [0.29, 0.717) is 12.0 Å². The van der Waals surface area contributed by atoms with Gasteiger partial charge in [-0.15, -0.1) is 0 Å². The molecule has 262 valence electrons. The first-order valence-electron chi connectivity index (χ1n) is 19.4. The minimum Gasteiger partial charge on any atom is -0.462 e. The van der Waals surface area contributed by atoms with Gasteiger partial charge in [-0.05, 0) is 110 Å². The normalized spacial score (nSPS) is 32.7. The predicted octanol–water partition coefficient (Wildman–Crippen LogP) is 10.7. The van der Waals surface area contributed by atoms with Crippen LogP contribution in [0.3, 0.4) is 0 Å². The summed E-state index contributed by atoms with van der Waals surface area (Å²) in [5.74, 6) is 4.87. The van der Waals surface area contributed by atoms with Crippen molar-refractivity contribution in [2.45, 2.75) is 144 Å². The van der Waals surface area contributed by atoms with Crippen molar-refractivity contribution in [3.05, 3.63) is 47.5 Å². The molecule has 4 aliphatic carbocycles. The maximum Gasteiger partial charge on any atom is 0.407 e. The van der Waals surface area contributed by atoms with Gasteiger partial charge < -0.3 is 14.8 Å². The second kappa shape index (κ2) is 15.9. The molecule has 1 amide bonds. The maximum atomic E-state index is 13.1. The van der Waals surface area contributed by atoms with Gasteiger partial charge in [-0.25, -0.2) is 4.79 Å². The van der Waals surface area contributed by atoms with Crippen LogP contribution in [0.5, 0.6) is 0 Å². The molecule has 3 saturated carbocycles. The van der Waals surface area contributed by atoms with Gasteiger partial charge in [0.2, 0.25) is 0 Å². The standard InChI is InChI=1S/C42H65NO4/c1-29(2)13-12-15-30(3)36-20-21-37-35-19-18-33-27-34(22-24-41(33,5)38(35)23-25-42(36,37)6)47-39(44)31(4)14-10-11-26-43-40(45)46-28-32-16-8-7-9-17-32/h7-9,16-18,29-31,34-38H,10-15,19-28H2,1-6H3,(H,43,45)/t30-,31+,34+,35?,36-,37?,38?,41+,42-/m1/s1. The molecule has 1 aromatic rings. The fraction of sp³-hybridized carbons (Fsp3) is 0.762. The minimum absolute atomic E-state index is 0.0123. The molecule has 0 spiro atoms. The zero-order valence-electron chi connectivity index (χ0n) is 30.5. The molecule has 0 aliphatic heterocycles. The van der Waals surface area contributed by atoms with Crippen LogP contribution < -0.4 is 5.32 Å². The SMILES string of the molecule is CC(C)CCC[C@@H](C)[C@H]1CCC2C3CC=C4C[C@@H](OC(=O)[C@@H](C)CCCCNC(=O)OCc5ccccc5)CC[C@]4(C)C3CC[C@@]21C. The molecule has 0 saturated heterocycles. The van der Waals surface area contributed by atoms with Gasteiger partial charge in [-0.3, -0.25) is 4.79 Å². The molecule has 1 aromatic carbocycles. The van der Waals surface area contributed by atoms with Gasteiger partial charge in [0, 0.05) is 13.0 Å². The lowest BCUT2D eigenvalue weighted by molar-refractivity contribution is -0.156. The topological polar surface area (TPSA) is 64.6 Å². The van der Waals surface area contributed by atoms with Gasteiger partial charge >= 0.3 is 12.1 Å². The van der Waals surface area contributed by atoms with Crippen LogP contribution in [0.1, 0.15) is 137 Å². The van der Waals surface area contributed by atoms with Crippen LogP contribution in [-0.4, -0.2) is 24.7 Å². The Kier molecular flexibility index (Phi) is 12.2. The molecule has 3 unspecified atom stereocenters. The van der Waals surface area contributed by atoms with E-state index in [0.717, 1.165) is 79.6 Å². The van der Waals surface area contributed by atoms with Crippen LogP contribution in [0.15, 0.2) is 42.0 Å². The highest BCUT2D eigenvalue weighted by atomic mass is 16.5. The van der Waals surface area contributed by atoms with E-state index < -0.39 is 6.09 Å². The summed E-state index contributed by atoms with van der Waals surface area (Å²) >= 11 is 0. The Morgan fingerprint density at radius 1 is 0.894 bits per heavy atom. The monoisotopic (exact) mass is 647 g/mol. The van der Waals surface area contributed by atoms with E-state index in [-0.39, 0.29) is 30.0 Å². The molecule has 5 nitrogen and oxygen atoms in total. The molecule has 47 heavy (non-hydrogen) atoms. The van der Waals surface area contributed by atoms with Crippen LogP contribution in [0, 0.1) is 52.3 Å². The van der Waals surface area contributed by atoms with Crippen LogP contribution in [0.25, 0.3) is 0 Å². The third-order valence-corrected chi connectivity index (χ3v) is 13.5. The van der Waals surface area contributed by atoms with E-state index in [1.807, 2.05) is 37.3 Å². The van der Waals surface area contributed by atoms with E-state index in [2.05, 4.69) is 46.0 Å². The lowest BCUT2D eigenvalue weighted by atomic mass is 9.47. The van der Waals surface area contributed by atoms with Gasteiger partial charge in [-0.2, -0.15) is 0 Å². The van der Waals surface area contributed by atoms with Crippen LogP contribution >= 0.6 is 0 Å². The fourth-order valence-corrected chi connectivity index (χ4v) is 10.7. The third kappa shape index (κ3) is 8.47. The summed E-state index contributed by atoms with van der Waals surface area (Å²) in [4.78, 5) is 25.1. The number of amides is 1. The second-order valence-electron chi connectivity index (χ2n) is 17.0. The first kappa shape index (κ1) is 36.0. The van der Waals surface area contributed by atoms with Crippen molar-refractivity contribution in [2.75, 3.05) is 6.54 Å². The van der Waals surface area contributed by atoms with Crippen LogP contribution in [-0.2, 0) is 20.9 Å². The molecule has 4 aliphatic rings. The highest BCUT2D eigenvalue weighted by Crippen LogP contribution is 2.67. The number of nitrogens with one attached hydrogen (secondary N) is 1. The Morgan fingerprint density at radius 3 is 2.45 bits per heavy atom. The van der Waals surface area contributed by atoms with Gasteiger partial charge in [0.05, 0.1) is 5.92 Å². The summed E-state index contributed by atoms with van der Waals surface area (Å²) in [6.45, 7) is 15.3. The molecule has 0 bridgehead atoms. The van der Waals surface area contributed by atoms with Crippen molar-refractivity contribution in [3.63, 3.8) is 0 Å². The fourth-order valence-electron chi connectivity index (χ4n) is 10.7. The summed E-state index contributed by atoms with van der Waals surface area (Å²) in [6, 6.07) is 9.68. The number of benzene rings is 1. The zero-order valence-corrected chi connectivity index (χ0v) is 30.5. The molecule has 5 heteroatoms. The number of fused-ring (bicyclic) bond motifs is 5. The molecular formula is C42H65NO4. The third-order valence-electron chi connectivity index (χ3n) is 13.5. The smallest absolute Gasteiger partial charge is 0.407 e. The van der Waals surface area contributed by atoms with Crippen LogP contribution in [0.2, 0.25) is 0 Å². The van der Waals surface area contributed by atoms with E-state index in [4.69, 9.17) is 9.47 Å². The van der Waals surface area contributed by atoms with E-state index >= 15 is 0 Å². The number of ether oxygens (including phenoxy) is 2. The zero-order chi connectivity index (χ0) is 33.6.